The number of fused-ring (bicyclic) bond motifs is 4. The van der Waals surface area contributed by atoms with Gasteiger partial charge in [-0.05, 0) is 41.5 Å². The summed E-state index contributed by atoms with van der Waals surface area (Å²) >= 11 is 0. The number of hydrogen-bond acceptors (Lipinski definition) is 1. The normalized spacial score (nSPS) is 13.6. The summed E-state index contributed by atoms with van der Waals surface area (Å²) in [7, 11) is 2.03. The number of hydrogen-bond donors (Lipinski definition) is 0. The second-order valence-electron chi connectivity index (χ2n) is 9.19. The third kappa shape index (κ3) is 3.54. The van der Waals surface area contributed by atoms with Gasteiger partial charge < -0.3 is 9.13 Å². The third-order valence-corrected chi connectivity index (χ3v) is 6.95. The summed E-state index contributed by atoms with van der Waals surface area (Å²) in [6.45, 7) is 0. The summed E-state index contributed by atoms with van der Waals surface area (Å²) in [5.74, 6) is 0.914. The fourth-order valence-corrected chi connectivity index (χ4v) is 5.23. The minimum Gasteiger partial charge on any atom is -0.319 e. The molecule has 0 fully saturated rings. The number of para-hydroxylation sites is 3. The highest BCUT2D eigenvalue weighted by atomic mass is 15.1. The van der Waals surface area contributed by atoms with Gasteiger partial charge >= 0.3 is 0 Å². The maximum absolute atomic E-state index is 4.68. The van der Waals surface area contributed by atoms with E-state index in [2.05, 4.69) is 130 Å². The Hall–Kier alpha value is -4.96. The number of aromatic nitrogens is 4. The zero-order chi connectivity index (χ0) is 24.8. The van der Waals surface area contributed by atoms with Crippen molar-refractivity contribution in [2.24, 2.45) is 7.05 Å². The van der Waals surface area contributed by atoms with Crippen molar-refractivity contribution >= 4 is 44.1 Å². The molecule has 0 saturated carbocycles. The van der Waals surface area contributed by atoms with Crippen molar-refractivity contribution in [3.8, 4) is 5.82 Å². The van der Waals surface area contributed by atoms with Crippen LogP contribution in [0.1, 0.15) is 5.56 Å². The Morgan fingerprint density at radius 2 is 1.57 bits per heavy atom. The van der Waals surface area contributed by atoms with Crippen molar-refractivity contribution in [3.63, 3.8) is 0 Å². The standard InChI is InChI=1S/C33H24N4/c1-35-23-36(31-16-8-7-15-30(31)35)26-12-4-2-3-11-24(21-26)25-18-19-28-27-13-5-6-14-29(27)37(32(28)22-25)33-17-9-10-20-34-33/h2-22H,1H3. The first-order valence-electron chi connectivity index (χ1n) is 12.4. The molecule has 1 aliphatic carbocycles. The van der Waals surface area contributed by atoms with Crippen LogP contribution in [0.25, 0.3) is 49.9 Å². The first kappa shape index (κ1) is 21.3. The highest BCUT2D eigenvalue weighted by Crippen LogP contribution is 2.34. The third-order valence-electron chi connectivity index (χ3n) is 6.95. The van der Waals surface area contributed by atoms with Crippen molar-refractivity contribution in [1.82, 2.24) is 14.1 Å². The highest BCUT2D eigenvalue weighted by molar-refractivity contribution is 6.10. The Morgan fingerprint density at radius 1 is 0.757 bits per heavy atom. The van der Waals surface area contributed by atoms with E-state index in [4.69, 9.17) is 0 Å². The van der Waals surface area contributed by atoms with Crippen molar-refractivity contribution in [2.75, 3.05) is 0 Å². The fourth-order valence-electron chi connectivity index (χ4n) is 5.23. The van der Waals surface area contributed by atoms with Gasteiger partial charge in [-0.1, -0.05) is 91.0 Å². The molecule has 0 spiro atoms. The number of imidazole rings is 1. The van der Waals surface area contributed by atoms with Gasteiger partial charge in [-0.25, -0.2) is 4.98 Å². The molecule has 7 rings (SSSR count). The lowest BCUT2D eigenvalue weighted by atomic mass is 10.0. The van der Waals surface area contributed by atoms with Crippen LogP contribution in [0.5, 0.6) is 0 Å². The van der Waals surface area contributed by atoms with Gasteiger partial charge in [0.1, 0.15) is 5.82 Å². The summed E-state index contributed by atoms with van der Waals surface area (Å²) in [6.07, 6.45) is 18.1. The van der Waals surface area contributed by atoms with E-state index in [9.17, 15) is 0 Å². The summed E-state index contributed by atoms with van der Waals surface area (Å²) in [4.78, 5) is 4.68. The second-order valence-corrected chi connectivity index (χ2v) is 9.19. The van der Waals surface area contributed by atoms with E-state index < -0.39 is 0 Å². The largest absolute Gasteiger partial charge is 0.319 e. The van der Waals surface area contributed by atoms with Gasteiger partial charge in [-0.3, -0.25) is 4.57 Å². The van der Waals surface area contributed by atoms with E-state index in [0.29, 0.717) is 0 Å². The molecule has 0 radical (unpaired) electrons. The minimum absolute atomic E-state index is 0.914. The van der Waals surface area contributed by atoms with Crippen molar-refractivity contribution in [1.29, 1.82) is 0 Å². The van der Waals surface area contributed by atoms with Crippen molar-refractivity contribution in [2.45, 2.75) is 0 Å². The molecule has 0 aliphatic heterocycles. The lowest BCUT2D eigenvalue weighted by molar-refractivity contribution is -0.649. The predicted molar refractivity (Wildman–Crippen MR) is 151 cm³/mol. The molecule has 3 heterocycles. The van der Waals surface area contributed by atoms with Crippen LogP contribution in [0.2, 0.25) is 0 Å². The SMILES string of the molecule is C[n+]1[c-]n(C2=CC(c3ccc4c5ccccc5n(-c5ccccn5)c4c3)=CC=CC=C2)c2ccccc21. The first-order chi connectivity index (χ1) is 18.3. The zero-order valence-corrected chi connectivity index (χ0v) is 20.4. The fraction of sp³-hybridized carbons (Fsp3) is 0.0303. The van der Waals surface area contributed by atoms with Gasteiger partial charge in [0.25, 0.3) is 0 Å². The van der Waals surface area contributed by atoms with Gasteiger partial charge in [0, 0.05) is 17.0 Å². The van der Waals surface area contributed by atoms with Crippen LogP contribution < -0.4 is 4.57 Å². The Kier molecular flexibility index (Phi) is 4.96. The zero-order valence-electron chi connectivity index (χ0n) is 20.4. The molecule has 3 aromatic carbocycles. The van der Waals surface area contributed by atoms with E-state index in [1.165, 1.54) is 10.8 Å². The average Bonchev–Trinajstić information content (AvgIpc) is 3.44. The first-order valence-corrected chi connectivity index (χ1v) is 12.4. The number of benzene rings is 3. The molecular formula is C33H24N4. The number of pyridine rings is 1. The lowest BCUT2D eigenvalue weighted by Gasteiger charge is -2.12. The Bertz CT molecular complexity index is 1930. The summed E-state index contributed by atoms with van der Waals surface area (Å²) in [5, 5.41) is 2.44. The number of nitrogens with zero attached hydrogens (tertiary/aromatic N) is 4. The lowest BCUT2D eigenvalue weighted by Crippen LogP contribution is -2.26. The molecule has 1 aliphatic rings. The minimum atomic E-state index is 0.914. The van der Waals surface area contributed by atoms with Crippen LogP contribution in [0.4, 0.5) is 0 Å². The smallest absolute Gasteiger partial charge is 0.244 e. The Balaban J connectivity index is 1.44. The molecule has 4 heteroatoms. The molecule has 0 unspecified atom stereocenters. The van der Waals surface area contributed by atoms with Gasteiger partial charge in [0.05, 0.1) is 34.8 Å². The number of rotatable bonds is 3. The molecule has 0 atom stereocenters. The summed E-state index contributed by atoms with van der Waals surface area (Å²) in [6, 6.07) is 29.7. The molecule has 0 bridgehead atoms. The molecule has 0 saturated heterocycles. The Labute approximate surface area is 215 Å². The van der Waals surface area contributed by atoms with Crippen LogP contribution in [0, 0.1) is 6.33 Å². The monoisotopic (exact) mass is 476 g/mol. The van der Waals surface area contributed by atoms with Crippen LogP contribution in [0.3, 0.4) is 0 Å². The Morgan fingerprint density at radius 3 is 2.46 bits per heavy atom. The van der Waals surface area contributed by atoms with Crippen molar-refractivity contribution in [3.05, 3.63) is 139 Å². The second kappa shape index (κ2) is 8.61. The maximum atomic E-state index is 4.68. The van der Waals surface area contributed by atoms with E-state index in [1.807, 2.05) is 29.9 Å². The molecular weight excluding hydrogens is 452 g/mol. The number of allylic oxidation sites excluding steroid dienone is 8. The predicted octanol–water partition coefficient (Wildman–Crippen LogP) is 6.81. The van der Waals surface area contributed by atoms with E-state index >= 15 is 0 Å². The molecule has 3 aromatic heterocycles. The summed E-state index contributed by atoms with van der Waals surface area (Å²) in [5.41, 5.74) is 7.88. The van der Waals surface area contributed by atoms with E-state index in [0.717, 1.165) is 44.7 Å². The van der Waals surface area contributed by atoms with Gasteiger partial charge in [0.2, 0.25) is 6.33 Å². The van der Waals surface area contributed by atoms with Crippen molar-refractivity contribution < 1.29 is 4.57 Å². The highest BCUT2D eigenvalue weighted by Gasteiger charge is 2.14. The van der Waals surface area contributed by atoms with E-state index in [-0.39, 0.29) is 0 Å². The van der Waals surface area contributed by atoms with Gasteiger partial charge in [-0.15, -0.1) is 0 Å². The number of aryl methyl sites for hydroxylation is 1. The van der Waals surface area contributed by atoms with E-state index in [1.54, 1.807) is 0 Å². The molecule has 0 N–H and O–H groups in total. The van der Waals surface area contributed by atoms with Crippen LogP contribution in [-0.4, -0.2) is 14.1 Å². The van der Waals surface area contributed by atoms with Gasteiger partial charge in [-0.2, -0.15) is 0 Å². The molecule has 37 heavy (non-hydrogen) atoms. The molecule has 0 amide bonds. The topological polar surface area (TPSA) is 26.6 Å². The average molecular weight is 477 g/mol. The molecule has 6 aromatic rings. The maximum Gasteiger partial charge on any atom is 0.244 e. The quantitative estimate of drug-likeness (QED) is 0.204. The molecule has 176 valence electrons. The summed E-state index contributed by atoms with van der Waals surface area (Å²) < 4.78 is 6.42. The van der Waals surface area contributed by atoms with Crippen LogP contribution in [-0.2, 0) is 7.05 Å². The van der Waals surface area contributed by atoms with Crippen LogP contribution >= 0.6 is 0 Å². The molecule has 4 nitrogen and oxygen atoms in total. The van der Waals surface area contributed by atoms with Crippen LogP contribution in [0.15, 0.2) is 128 Å². The van der Waals surface area contributed by atoms with Gasteiger partial charge in [0.15, 0.2) is 0 Å².